The van der Waals surface area contributed by atoms with Crippen LogP contribution in [-0.2, 0) is 11.2 Å². The molecule has 0 saturated heterocycles. The lowest BCUT2D eigenvalue weighted by molar-refractivity contribution is -0.126. The zero-order valence-electron chi connectivity index (χ0n) is 18.0. The van der Waals surface area contributed by atoms with E-state index in [2.05, 4.69) is 11.1 Å². The van der Waals surface area contributed by atoms with E-state index < -0.39 is 6.04 Å². The summed E-state index contributed by atoms with van der Waals surface area (Å²) in [5, 5.41) is 1.03. The number of benzene rings is 3. The molecule has 1 amide bonds. The van der Waals surface area contributed by atoms with Gasteiger partial charge in [0.25, 0.3) is 5.91 Å². The zero-order valence-corrected chi connectivity index (χ0v) is 18.0. The van der Waals surface area contributed by atoms with Gasteiger partial charge in [-0.05, 0) is 28.8 Å². The summed E-state index contributed by atoms with van der Waals surface area (Å²) in [6.07, 6.45) is 2.40. The highest BCUT2D eigenvalue weighted by Crippen LogP contribution is 2.34. The van der Waals surface area contributed by atoms with Crippen molar-refractivity contribution < 1.29 is 4.79 Å². The molecule has 3 aromatic carbocycles. The molecule has 160 valence electrons. The highest BCUT2D eigenvalue weighted by atomic mass is 16.2. The topological polar surface area (TPSA) is 57.9 Å². The molecule has 0 saturated carbocycles. The van der Waals surface area contributed by atoms with Crippen LogP contribution < -0.4 is 0 Å². The molecule has 2 atom stereocenters. The van der Waals surface area contributed by atoms with Crippen LogP contribution in [0.2, 0.25) is 0 Å². The Morgan fingerprint density at radius 1 is 0.818 bits per heavy atom. The van der Waals surface area contributed by atoms with Crippen molar-refractivity contribution in [2.24, 2.45) is 9.98 Å². The normalized spacial score (nSPS) is 19.9. The monoisotopic (exact) mass is 430 g/mol. The van der Waals surface area contributed by atoms with E-state index in [1.165, 1.54) is 0 Å². The molecular formula is C28H22N4O. The molecule has 5 heteroatoms. The van der Waals surface area contributed by atoms with Crippen molar-refractivity contribution in [2.75, 3.05) is 6.54 Å². The molecule has 5 nitrogen and oxygen atoms in total. The smallest absolute Gasteiger partial charge is 0.253 e. The molecule has 3 heterocycles. The van der Waals surface area contributed by atoms with Gasteiger partial charge in [0.05, 0.1) is 17.8 Å². The van der Waals surface area contributed by atoms with E-state index >= 15 is 0 Å². The Morgan fingerprint density at radius 2 is 1.55 bits per heavy atom. The maximum Gasteiger partial charge on any atom is 0.253 e. The number of carbonyl (C=O) groups is 1. The van der Waals surface area contributed by atoms with Gasteiger partial charge in [-0.15, -0.1) is 0 Å². The molecule has 0 bridgehead atoms. The number of amidine groups is 1. The van der Waals surface area contributed by atoms with Gasteiger partial charge in [-0.25, -0.2) is 0 Å². The summed E-state index contributed by atoms with van der Waals surface area (Å²) >= 11 is 0. The minimum atomic E-state index is -0.427. The number of amides is 1. The number of aliphatic imine (C=N–C) groups is 2. The fraction of sp³-hybridized carbons (Fsp3) is 0.143. The minimum Gasteiger partial charge on any atom is -0.291 e. The fourth-order valence-electron chi connectivity index (χ4n) is 4.69. The minimum absolute atomic E-state index is 0.0422. The quantitative estimate of drug-likeness (QED) is 0.474. The first kappa shape index (κ1) is 19.6. The molecule has 0 spiro atoms. The molecule has 33 heavy (non-hydrogen) atoms. The average molecular weight is 431 g/mol. The van der Waals surface area contributed by atoms with E-state index in [1.54, 1.807) is 0 Å². The van der Waals surface area contributed by atoms with E-state index in [-0.39, 0.29) is 11.9 Å². The number of aromatic nitrogens is 1. The SMILES string of the molecule is O=C1C(Cc2ccccc2)N=C2C(c3ccnc4ccccc34)N=C(c3ccccc3)CN12. The standard InChI is InChI=1S/C28H22N4O/c33-28-24(17-19-9-3-1-4-10-19)31-27-26(22-15-16-29-23-14-8-7-13-21(22)23)30-25(18-32(27)28)20-11-5-2-6-12-20/h1-16,24,26H,17-18H2. The van der Waals surface area contributed by atoms with Gasteiger partial charge in [-0.1, -0.05) is 78.9 Å². The van der Waals surface area contributed by atoms with Gasteiger partial charge < -0.3 is 0 Å². The summed E-state index contributed by atoms with van der Waals surface area (Å²) in [5.41, 5.74) is 4.96. The number of para-hydroxylation sites is 1. The Labute approximate surface area is 192 Å². The van der Waals surface area contributed by atoms with E-state index in [1.807, 2.05) is 96.0 Å². The van der Waals surface area contributed by atoms with Gasteiger partial charge in [0.1, 0.15) is 17.9 Å². The average Bonchev–Trinajstić information content (AvgIpc) is 3.19. The second-order valence-corrected chi connectivity index (χ2v) is 8.38. The van der Waals surface area contributed by atoms with Crippen LogP contribution in [-0.4, -0.2) is 39.9 Å². The summed E-state index contributed by atoms with van der Waals surface area (Å²) in [7, 11) is 0. The summed E-state index contributed by atoms with van der Waals surface area (Å²) in [4.78, 5) is 30.0. The molecule has 2 aliphatic rings. The highest BCUT2D eigenvalue weighted by molar-refractivity contribution is 6.17. The Balaban J connectivity index is 1.47. The molecule has 0 aliphatic carbocycles. The van der Waals surface area contributed by atoms with Gasteiger partial charge in [0.15, 0.2) is 0 Å². The molecule has 1 aromatic heterocycles. The number of pyridine rings is 1. The maximum absolute atomic E-state index is 13.5. The lowest BCUT2D eigenvalue weighted by atomic mass is 9.98. The molecule has 4 aromatic rings. The summed E-state index contributed by atoms with van der Waals surface area (Å²) in [6, 6.07) is 29.4. The molecule has 6 rings (SSSR count). The molecule has 0 N–H and O–H groups in total. The third-order valence-corrected chi connectivity index (χ3v) is 6.31. The van der Waals surface area contributed by atoms with Gasteiger partial charge in [0, 0.05) is 18.0 Å². The first-order chi connectivity index (χ1) is 16.3. The van der Waals surface area contributed by atoms with Crippen LogP contribution in [0.1, 0.15) is 22.7 Å². The van der Waals surface area contributed by atoms with Gasteiger partial charge in [-0.3, -0.25) is 24.7 Å². The molecule has 2 unspecified atom stereocenters. The largest absolute Gasteiger partial charge is 0.291 e. The lowest BCUT2D eigenvalue weighted by Gasteiger charge is -2.30. The van der Waals surface area contributed by atoms with Gasteiger partial charge >= 0.3 is 0 Å². The van der Waals surface area contributed by atoms with Crippen molar-refractivity contribution in [3.8, 4) is 0 Å². The van der Waals surface area contributed by atoms with Gasteiger partial charge in [0.2, 0.25) is 0 Å². The first-order valence-electron chi connectivity index (χ1n) is 11.2. The number of carbonyl (C=O) groups excluding carboxylic acids is 1. The van der Waals surface area contributed by atoms with Crippen LogP contribution in [0.3, 0.4) is 0 Å². The Morgan fingerprint density at radius 3 is 2.36 bits per heavy atom. The number of nitrogens with zero attached hydrogens (tertiary/aromatic N) is 4. The summed E-state index contributed by atoms with van der Waals surface area (Å²) < 4.78 is 0. The van der Waals surface area contributed by atoms with E-state index in [4.69, 9.17) is 9.98 Å². The fourth-order valence-corrected chi connectivity index (χ4v) is 4.69. The van der Waals surface area contributed by atoms with Crippen molar-refractivity contribution in [1.29, 1.82) is 0 Å². The van der Waals surface area contributed by atoms with Crippen LogP contribution in [0, 0.1) is 0 Å². The van der Waals surface area contributed by atoms with Crippen molar-refractivity contribution in [2.45, 2.75) is 18.5 Å². The Bertz CT molecular complexity index is 1390. The highest BCUT2D eigenvalue weighted by Gasteiger charge is 2.42. The third kappa shape index (κ3) is 3.52. The second-order valence-electron chi connectivity index (χ2n) is 8.38. The first-order valence-corrected chi connectivity index (χ1v) is 11.2. The van der Waals surface area contributed by atoms with Crippen LogP contribution in [0.5, 0.6) is 0 Å². The van der Waals surface area contributed by atoms with Crippen LogP contribution in [0.25, 0.3) is 10.9 Å². The molecular weight excluding hydrogens is 408 g/mol. The van der Waals surface area contributed by atoms with E-state index in [9.17, 15) is 4.79 Å². The van der Waals surface area contributed by atoms with E-state index in [0.717, 1.165) is 39.1 Å². The van der Waals surface area contributed by atoms with E-state index in [0.29, 0.717) is 13.0 Å². The number of rotatable bonds is 4. The summed E-state index contributed by atoms with van der Waals surface area (Å²) in [5.74, 6) is 0.775. The number of fused-ring (bicyclic) bond motifs is 2. The van der Waals surface area contributed by atoms with Crippen molar-refractivity contribution in [3.63, 3.8) is 0 Å². The lowest BCUT2D eigenvalue weighted by Crippen LogP contribution is -2.44. The maximum atomic E-state index is 13.5. The third-order valence-electron chi connectivity index (χ3n) is 6.31. The summed E-state index contributed by atoms with van der Waals surface area (Å²) in [6.45, 7) is 0.437. The van der Waals surface area contributed by atoms with Crippen LogP contribution >= 0.6 is 0 Å². The van der Waals surface area contributed by atoms with Crippen LogP contribution in [0.4, 0.5) is 0 Å². The predicted molar refractivity (Wildman–Crippen MR) is 131 cm³/mol. The molecule has 0 radical (unpaired) electrons. The molecule has 0 fully saturated rings. The van der Waals surface area contributed by atoms with Crippen LogP contribution in [0.15, 0.2) is 107 Å². The van der Waals surface area contributed by atoms with Crippen molar-refractivity contribution in [3.05, 3.63) is 114 Å². The predicted octanol–water partition coefficient (Wildman–Crippen LogP) is 4.63. The molecule has 2 aliphatic heterocycles. The van der Waals surface area contributed by atoms with Crippen molar-refractivity contribution >= 4 is 28.4 Å². The number of hydrogen-bond acceptors (Lipinski definition) is 4. The second kappa shape index (κ2) is 8.10. The van der Waals surface area contributed by atoms with Gasteiger partial charge in [-0.2, -0.15) is 0 Å². The zero-order chi connectivity index (χ0) is 22.2. The number of hydrogen-bond donors (Lipinski definition) is 0. The Kier molecular flexibility index (Phi) is 4.80. The Hall–Kier alpha value is -4.12. The van der Waals surface area contributed by atoms with Crippen molar-refractivity contribution in [1.82, 2.24) is 9.88 Å².